The highest BCUT2D eigenvalue weighted by Crippen LogP contribution is 2.20. The Morgan fingerprint density at radius 2 is 2.25 bits per heavy atom. The minimum absolute atomic E-state index is 0.126. The molecule has 0 radical (unpaired) electrons. The van der Waals surface area contributed by atoms with Crippen molar-refractivity contribution in [3.05, 3.63) is 28.5 Å². The van der Waals surface area contributed by atoms with E-state index >= 15 is 0 Å². The van der Waals surface area contributed by atoms with Gasteiger partial charge >= 0.3 is 0 Å². The van der Waals surface area contributed by atoms with Gasteiger partial charge in [-0.1, -0.05) is 0 Å². The second-order valence-electron chi connectivity index (χ2n) is 2.13. The van der Waals surface area contributed by atoms with Crippen LogP contribution >= 0.6 is 15.9 Å². The summed E-state index contributed by atoms with van der Waals surface area (Å²) >= 11 is 3.04. The summed E-state index contributed by atoms with van der Waals surface area (Å²) in [7, 11) is 1.51. The topological polar surface area (TPSA) is 18.5 Å². The molecule has 0 saturated heterocycles. The Kier molecular flexibility index (Phi) is 3.49. The predicted molar refractivity (Wildman–Crippen MR) is 46.6 cm³/mol. The van der Waals surface area contributed by atoms with Crippen molar-refractivity contribution in [1.82, 2.24) is 0 Å². The van der Waals surface area contributed by atoms with Crippen molar-refractivity contribution >= 4 is 15.9 Å². The first kappa shape index (κ1) is 9.48. The van der Waals surface area contributed by atoms with Crippen LogP contribution in [0.25, 0.3) is 0 Å². The molecule has 4 heteroatoms. The predicted octanol–water partition coefficient (Wildman–Crippen LogP) is 2.57. The SMILES string of the molecule is COCOc1ccc(Br)c(F)c1. The fourth-order valence-corrected chi connectivity index (χ4v) is 0.940. The zero-order valence-electron chi connectivity index (χ0n) is 6.51. The molecule has 2 nitrogen and oxygen atoms in total. The van der Waals surface area contributed by atoms with E-state index in [0.29, 0.717) is 10.2 Å². The van der Waals surface area contributed by atoms with Crippen LogP contribution in [0, 0.1) is 5.82 Å². The standard InChI is InChI=1S/C8H8BrFO2/c1-11-5-12-6-2-3-7(9)8(10)4-6/h2-4H,5H2,1H3. The van der Waals surface area contributed by atoms with Crippen LogP contribution in [-0.2, 0) is 4.74 Å². The maximum absolute atomic E-state index is 12.8. The minimum atomic E-state index is -0.344. The van der Waals surface area contributed by atoms with Crippen molar-refractivity contribution in [2.45, 2.75) is 0 Å². The van der Waals surface area contributed by atoms with Crippen LogP contribution in [-0.4, -0.2) is 13.9 Å². The van der Waals surface area contributed by atoms with Gasteiger partial charge in [-0.05, 0) is 28.1 Å². The van der Waals surface area contributed by atoms with Crippen molar-refractivity contribution in [3.63, 3.8) is 0 Å². The Morgan fingerprint density at radius 1 is 1.50 bits per heavy atom. The molecule has 0 atom stereocenters. The van der Waals surface area contributed by atoms with Crippen LogP contribution in [0.3, 0.4) is 0 Å². The largest absolute Gasteiger partial charge is 0.467 e. The summed E-state index contributed by atoms with van der Waals surface area (Å²) in [5, 5.41) is 0. The summed E-state index contributed by atoms with van der Waals surface area (Å²) < 4.78 is 22.9. The van der Waals surface area contributed by atoms with E-state index in [1.807, 2.05) is 0 Å². The lowest BCUT2D eigenvalue weighted by Gasteiger charge is -2.04. The summed E-state index contributed by atoms with van der Waals surface area (Å²) in [6, 6.07) is 4.54. The highest BCUT2D eigenvalue weighted by Gasteiger charge is 2.00. The Labute approximate surface area is 78.4 Å². The van der Waals surface area contributed by atoms with Crippen molar-refractivity contribution in [3.8, 4) is 5.75 Å². The average Bonchev–Trinajstić information content (AvgIpc) is 2.07. The van der Waals surface area contributed by atoms with Gasteiger partial charge in [0.15, 0.2) is 6.79 Å². The first-order chi connectivity index (χ1) is 5.74. The number of methoxy groups -OCH3 is 1. The molecule has 66 valence electrons. The van der Waals surface area contributed by atoms with Gasteiger partial charge in [-0.15, -0.1) is 0 Å². The highest BCUT2D eigenvalue weighted by molar-refractivity contribution is 9.10. The van der Waals surface area contributed by atoms with E-state index < -0.39 is 0 Å². The van der Waals surface area contributed by atoms with Crippen LogP contribution in [0.2, 0.25) is 0 Å². The molecule has 0 aromatic heterocycles. The van der Waals surface area contributed by atoms with Gasteiger partial charge in [0, 0.05) is 13.2 Å². The van der Waals surface area contributed by atoms with Gasteiger partial charge in [-0.3, -0.25) is 0 Å². The molecule has 0 N–H and O–H groups in total. The second-order valence-corrected chi connectivity index (χ2v) is 2.98. The fourth-order valence-electron chi connectivity index (χ4n) is 0.694. The van der Waals surface area contributed by atoms with E-state index in [-0.39, 0.29) is 12.6 Å². The Hall–Kier alpha value is -0.610. The Balaban J connectivity index is 2.69. The first-order valence-electron chi connectivity index (χ1n) is 3.31. The van der Waals surface area contributed by atoms with Crippen LogP contribution in [0.15, 0.2) is 22.7 Å². The van der Waals surface area contributed by atoms with Gasteiger partial charge in [-0.2, -0.15) is 0 Å². The molecule has 1 aromatic rings. The summed E-state index contributed by atoms with van der Waals surface area (Å²) in [5.74, 6) is 0.112. The lowest BCUT2D eigenvalue weighted by atomic mass is 10.3. The zero-order chi connectivity index (χ0) is 8.97. The Bertz CT molecular complexity index is 265. The number of rotatable bonds is 3. The quantitative estimate of drug-likeness (QED) is 0.749. The Morgan fingerprint density at radius 3 is 2.83 bits per heavy atom. The van der Waals surface area contributed by atoms with Crippen LogP contribution < -0.4 is 4.74 Å². The molecule has 12 heavy (non-hydrogen) atoms. The van der Waals surface area contributed by atoms with Crippen molar-refractivity contribution in [2.24, 2.45) is 0 Å². The number of hydrogen-bond donors (Lipinski definition) is 0. The molecule has 0 unspecified atom stereocenters. The maximum Gasteiger partial charge on any atom is 0.188 e. The van der Waals surface area contributed by atoms with Crippen LogP contribution in [0.4, 0.5) is 4.39 Å². The van der Waals surface area contributed by atoms with Crippen molar-refractivity contribution < 1.29 is 13.9 Å². The molecule has 0 spiro atoms. The molecule has 0 saturated carbocycles. The summed E-state index contributed by atoms with van der Waals surface area (Å²) in [6.45, 7) is 0.126. The molecule has 0 aliphatic rings. The molecule has 0 heterocycles. The van der Waals surface area contributed by atoms with E-state index in [4.69, 9.17) is 4.74 Å². The molecular weight excluding hydrogens is 227 g/mol. The lowest BCUT2D eigenvalue weighted by Crippen LogP contribution is -1.98. The third-order valence-electron chi connectivity index (χ3n) is 1.23. The van der Waals surface area contributed by atoms with E-state index in [1.165, 1.54) is 13.2 Å². The van der Waals surface area contributed by atoms with E-state index in [9.17, 15) is 4.39 Å². The van der Waals surface area contributed by atoms with Crippen LogP contribution in [0.1, 0.15) is 0 Å². The van der Waals surface area contributed by atoms with Gasteiger partial charge in [-0.25, -0.2) is 4.39 Å². The first-order valence-corrected chi connectivity index (χ1v) is 4.10. The summed E-state index contributed by atoms with van der Waals surface area (Å²) in [4.78, 5) is 0. The summed E-state index contributed by atoms with van der Waals surface area (Å²) in [6.07, 6.45) is 0. The molecule has 0 amide bonds. The molecule has 0 aliphatic heterocycles. The number of halogens is 2. The summed E-state index contributed by atoms with van der Waals surface area (Å²) in [5.41, 5.74) is 0. The maximum atomic E-state index is 12.8. The second kappa shape index (κ2) is 4.42. The van der Waals surface area contributed by atoms with E-state index in [2.05, 4.69) is 20.7 Å². The van der Waals surface area contributed by atoms with Crippen molar-refractivity contribution in [2.75, 3.05) is 13.9 Å². The van der Waals surface area contributed by atoms with E-state index in [1.54, 1.807) is 12.1 Å². The van der Waals surface area contributed by atoms with Gasteiger partial charge in [0.25, 0.3) is 0 Å². The van der Waals surface area contributed by atoms with Gasteiger partial charge < -0.3 is 9.47 Å². The molecule has 0 aliphatic carbocycles. The molecule has 0 fully saturated rings. The molecule has 0 bridgehead atoms. The van der Waals surface area contributed by atoms with Gasteiger partial charge in [0.1, 0.15) is 11.6 Å². The van der Waals surface area contributed by atoms with Gasteiger partial charge in [0.05, 0.1) is 4.47 Å². The number of ether oxygens (including phenoxy) is 2. The molecular formula is C8H8BrFO2. The fraction of sp³-hybridized carbons (Fsp3) is 0.250. The zero-order valence-corrected chi connectivity index (χ0v) is 8.10. The third-order valence-corrected chi connectivity index (χ3v) is 1.88. The van der Waals surface area contributed by atoms with E-state index in [0.717, 1.165) is 0 Å². The highest BCUT2D eigenvalue weighted by atomic mass is 79.9. The minimum Gasteiger partial charge on any atom is -0.467 e. The molecule has 1 aromatic carbocycles. The lowest BCUT2D eigenvalue weighted by molar-refractivity contribution is 0.0509. The smallest absolute Gasteiger partial charge is 0.188 e. The number of hydrogen-bond acceptors (Lipinski definition) is 2. The van der Waals surface area contributed by atoms with Gasteiger partial charge in [0.2, 0.25) is 0 Å². The van der Waals surface area contributed by atoms with Crippen molar-refractivity contribution in [1.29, 1.82) is 0 Å². The molecule has 1 rings (SSSR count). The third kappa shape index (κ3) is 2.46. The monoisotopic (exact) mass is 234 g/mol. The number of benzene rings is 1. The average molecular weight is 235 g/mol. The normalized spacial score (nSPS) is 9.92. The van der Waals surface area contributed by atoms with Crippen LogP contribution in [0.5, 0.6) is 5.75 Å².